The highest BCUT2D eigenvalue weighted by atomic mass is 127. The van der Waals surface area contributed by atoms with Gasteiger partial charge in [0.2, 0.25) is 0 Å². The van der Waals surface area contributed by atoms with E-state index in [1.807, 2.05) is 22.6 Å². The first kappa shape index (κ1) is 27.4. The lowest BCUT2D eigenvalue weighted by atomic mass is 10.1. The van der Waals surface area contributed by atoms with Crippen molar-refractivity contribution in [3.05, 3.63) is 91.1 Å². The molecule has 0 aliphatic carbocycles. The van der Waals surface area contributed by atoms with Gasteiger partial charge in [0.1, 0.15) is 10.7 Å². The molecule has 1 fully saturated rings. The Morgan fingerprint density at radius 2 is 1.84 bits per heavy atom. The number of amides is 2. The van der Waals surface area contributed by atoms with E-state index in [-0.39, 0.29) is 39.5 Å². The monoisotopic (exact) mass is 673 g/mol. The third kappa shape index (κ3) is 6.28. The Balaban J connectivity index is 1.62. The Morgan fingerprint density at radius 1 is 1.11 bits per heavy atom. The van der Waals surface area contributed by atoms with Crippen molar-refractivity contribution in [1.82, 2.24) is 4.90 Å². The fraction of sp³-hybridized carbons (Fsp3) is 0.120. The quantitative estimate of drug-likeness (QED) is 0.154. The van der Waals surface area contributed by atoms with Crippen LogP contribution >= 0.6 is 46.0 Å². The summed E-state index contributed by atoms with van der Waals surface area (Å²) < 4.78 is 50.4. The minimum Gasteiger partial charge on any atom is -0.490 e. The molecule has 3 aromatic carbocycles. The molecule has 4 rings (SSSR count). The molecule has 7 nitrogen and oxygen atoms in total. The maximum Gasteiger partial charge on any atom is 0.339 e. The van der Waals surface area contributed by atoms with Gasteiger partial charge in [0.05, 0.1) is 21.6 Å². The van der Waals surface area contributed by atoms with E-state index in [9.17, 15) is 22.4 Å². The van der Waals surface area contributed by atoms with Crippen molar-refractivity contribution in [1.29, 1.82) is 0 Å². The Kier molecular flexibility index (Phi) is 8.46. The molecular weight excluding hydrogens is 656 g/mol. The minimum atomic E-state index is -4.12. The molecule has 1 saturated heterocycles. The summed E-state index contributed by atoms with van der Waals surface area (Å²) in [6.45, 7) is 1.87. The van der Waals surface area contributed by atoms with Crippen molar-refractivity contribution in [3.8, 4) is 11.5 Å². The van der Waals surface area contributed by atoms with Gasteiger partial charge < -0.3 is 8.92 Å². The van der Waals surface area contributed by atoms with Crippen LogP contribution in [0.5, 0.6) is 11.5 Å². The van der Waals surface area contributed by atoms with Gasteiger partial charge in [-0.25, -0.2) is 4.39 Å². The Bertz CT molecular complexity index is 1520. The number of nitrogens with zero attached hydrogens (tertiary/aromatic N) is 1. The molecule has 0 aromatic heterocycles. The third-order valence-corrected chi connectivity index (χ3v) is 8.37. The van der Waals surface area contributed by atoms with Crippen LogP contribution in [0.3, 0.4) is 0 Å². The largest absolute Gasteiger partial charge is 0.490 e. The second-order valence-electron chi connectivity index (χ2n) is 7.62. The van der Waals surface area contributed by atoms with Crippen LogP contribution in [0.2, 0.25) is 5.02 Å². The standard InChI is InChI=1S/C25H18ClFINO6S2/c1-2-34-21-11-15(10-20(28)23(21)35-37(32,33)18-6-4-3-5-7-18)12-22-24(30)29(25(31)36-22)14-16-8-9-17(27)13-19(16)26/h3-13H,2,14H2,1H3/b22-12-. The zero-order valence-electron chi connectivity index (χ0n) is 19.1. The van der Waals surface area contributed by atoms with Crippen molar-refractivity contribution in [2.24, 2.45) is 0 Å². The first-order valence-electron chi connectivity index (χ1n) is 10.7. The predicted molar refractivity (Wildman–Crippen MR) is 148 cm³/mol. The number of rotatable bonds is 8. The number of carbonyl (C=O) groups is 2. The number of halogens is 3. The highest BCUT2D eigenvalue weighted by molar-refractivity contribution is 14.1. The van der Waals surface area contributed by atoms with Gasteiger partial charge in [0.15, 0.2) is 11.5 Å². The fourth-order valence-electron chi connectivity index (χ4n) is 3.37. The van der Waals surface area contributed by atoms with E-state index in [4.69, 9.17) is 20.5 Å². The van der Waals surface area contributed by atoms with E-state index in [1.165, 1.54) is 36.4 Å². The molecular formula is C25H18ClFINO6S2. The average Bonchev–Trinajstić information content (AvgIpc) is 3.11. The van der Waals surface area contributed by atoms with Crippen molar-refractivity contribution >= 4 is 73.3 Å². The molecule has 0 bridgehead atoms. The summed E-state index contributed by atoms with van der Waals surface area (Å²) in [5, 5.41) is -0.384. The van der Waals surface area contributed by atoms with Gasteiger partial charge in [-0.3, -0.25) is 14.5 Å². The van der Waals surface area contributed by atoms with E-state index < -0.39 is 27.1 Å². The Morgan fingerprint density at radius 3 is 2.51 bits per heavy atom. The summed E-state index contributed by atoms with van der Waals surface area (Å²) in [7, 11) is -4.12. The summed E-state index contributed by atoms with van der Waals surface area (Å²) in [5.74, 6) is -0.873. The van der Waals surface area contributed by atoms with Gasteiger partial charge in [-0.1, -0.05) is 35.9 Å². The van der Waals surface area contributed by atoms with Gasteiger partial charge in [0, 0.05) is 5.02 Å². The van der Waals surface area contributed by atoms with E-state index >= 15 is 0 Å². The summed E-state index contributed by atoms with van der Waals surface area (Å²) in [4.78, 5) is 26.7. The molecule has 0 spiro atoms. The molecule has 1 aliphatic rings. The molecule has 0 radical (unpaired) electrons. The number of ether oxygens (including phenoxy) is 1. The van der Waals surface area contributed by atoms with Crippen LogP contribution in [0.1, 0.15) is 18.1 Å². The molecule has 12 heteroatoms. The first-order valence-corrected chi connectivity index (χ1v) is 14.4. The summed E-state index contributed by atoms with van der Waals surface area (Å²) >= 11 is 8.72. The average molecular weight is 674 g/mol. The second-order valence-corrected chi connectivity index (χ2v) is 11.7. The van der Waals surface area contributed by atoms with Crippen molar-refractivity contribution < 1.29 is 31.3 Å². The van der Waals surface area contributed by atoms with Crippen LogP contribution in [0, 0.1) is 9.39 Å². The van der Waals surface area contributed by atoms with Crippen LogP contribution in [-0.4, -0.2) is 31.1 Å². The van der Waals surface area contributed by atoms with Crippen LogP contribution < -0.4 is 8.92 Å². The molecule has 0 N–H and O–H groups in total. The number of hydrogen-bond donors (Lipinski definition) is 0. The first-order chi connectivity index (χ1) is 17.6. The number of thioether (sulfide) groups is 1. The predicted octanol–water partition coefficient (Wildman–Crippen LogP) is 6.49. The van der Waals surface area contributed by atoms with Crippen LogP contribution in [0.15, 0.2) is 70.5 Å². The summed E-state index contributed by atoms with van der Waals surface area (Å²) in [5.41, 5.74) is 0.934. The molecule has 1 aliphatic heterocycles. The molecule has 3 aromatic rings. The van der Waals surface area contributed by atoms with Gasteiger partial charge in [-0.2, -0.15) is 8.42 Å². The van der Waals surface area contributed by atoms with Gasteiger partial charge in [-0.15, -0.1) is 0 Å². The maximum absolute atomic E-state index is 13.3. The molecule has 0 atom stereocenters. The zero-order chi connectivity index (χ0) is 26.7. The fourth-order valence-corrected chi connectivity index (χ4v) is 6.30. The normalized spacial score (nSPS) is 14.9. The lowest BCUT2D eigenvalue weighted by Gasteiger charge is -2.15. The van der Waals surface area contributed by atoms with Crippen LogP contribution in [0.25, 0.3) is 6.08 Å². The molecule has 192 valence electrons. The molecule has 2 amide bonds. The maximum atomic E-state index is 13.3. The van der Waals surface area contributed by atoms with Crippen molar-refractivity contribution in [2.45, 2.75) is 18.4 Å². The number of hydrogen-bond acceptors (Lipinski definition) is 7. The van der Waals surface area contributed by atoms with Crippen LogP contribution in [-0.2, 0) is 21.5 Å². The molecule has 37 heavy (non-hydrogen) atoms. The number of carbonyl (C=O) groups excluding carboxylic acids is 2. The van der Waals surface area contributed by atoms with Crippen LogP contribution in [0.4, 0.5) is 9.18 Å². The zero-order valence-corrected chi connectivity index (χ0v) is 23.7. The van der Waals surface area contributed by atoms with Gasteiger partial charge in [-0.05, 0) is 94.9 Å². The Labute approximate surface area is 235 Å². The minimum absolute atomic E-state index is 0.00717. The third-order valence-electron chi connectivity index (χ3n) is 5.07. The highest BCUT2D eigenvalue weighted by Crippen LogP contribution is 2.39. The summed E-state index contributed by atoms with van der Waals surface area (Å²) in [6, 6.07) is 14.6. The van der Waals surface area contributed by atoms with Crippen molar-refractivity contribution in [3.63, 3.8) is 0 Å². The van der Waals surface area contributed by atoms with E-state index in [1.54, 1.807) is 31.2 Å². The lowest BCUT2D eigenvalue weighted by Crippen LogP contribution is -2.27. The number of imide groups is 1. The van der Waals surface area contributed by atoms with Crippen molar-refractivity contribution in [2.75, 3.05) is 6.61 Å². The summed E-state index contributed by atoms with van der Waals surface area (Å²) in [6.07, 6.45) is 1.51. The lowest BCUT2D eigenvalue weighted by molar-refractivity contribution is -0.123. The second kappa shape index (κ2) is 11.4. The smallest absolute Gasteiger partial charge is 0.339 e. The molecule has 1 heterocycles. The Hall–Kier alpha value is -2.61. The molecule has 0 saturated carbocycles. The highest BCUT2D eigenvalue weighted by Gasteiger charge is 2.35. The van der Waals surface area contributed by atoms with E-state index in [0.717, 1.165) is 22.7 Å². The van der Waals surface area contributed by atoms with Gasteiger partial charge in [0.25, 0.3) is 11.1 Å². The van der Waals surface area contributed by atoms with E-state index in [0.29, 0.717) is 14.7 Å². The SMILES string of the molecule is CCOc1cc(/C=C2\SC(=O)N(Cc3ccc(F)cc3Cl)C2=O)cc(I)c1OS(=O)(=O)c1ccccc1. The number of benzene rings is 3. The van der Waals surface area contributed by atoms with E-state index in [2.05, 4.69) is 0 Å². The molecule has 0 unspecified atom stereocenters. The topological polar surface area (TPSA) is 90.0 Å². The van der Waals surface area contributed by atoms with Gasteiger partial charge >= 0.3 is 10.1 Å².